The van der Waals surface area contributed by atoms with Gasteiger partial charge in [0.05, 0.1) is 13.2 Å². The van der Waals surface area contributed by atoms with E-state index in [2.05, 4.69) is 5.32 Å². The van der Waals surface area contributed by atoms with E-state index in [-0.39, 0.29) is 30.2 Å². The van der Waals surface area contributed by atoms with E-state index >= 15 is 0 Å². The Hall–Kier alpha value is -2.15. The quantitative estimate of drug-likeness (QED) is 0.768. The molecule has 3 amide bonds. The first kappa shape index (κ1) is 18.6. The molecule has 1 saturated heterocycles. The van der Waals surface area contributed by atoms with Crippen molar-refractivity contribution in [3.05, 3.63) is 35.6 Å². The molecule has 1 heterocycles. The topological polar surface area (TPSA) is 61.9 Å². The molecule has 7 heteroatoms. The van der Waals surface area contributed by atoms with Gasteiger partial charge in [0.15, 0.2) is 0 Å². The maximum atomic E-state index is 13.9. The maximum absolute atomic E-state index is 13.9. The first-order valence-electron chi connectivity index (χ1n) is 9.13. The zero-order chi connectivity index (χ0) is 18.5. The van der Waals surface area contributed by atoms with Gasteiger partial charge < -0.3 is 19.9 Å². The molecule has 1 aromatic rings. The van der Waals surface area contributed by atoms with Gasteiger partial charge in [-0.2, -0.15) is 0 Å². The van der Waals surface area contributed by atoms with E-state index in [1.165, 1.54) is 11.0 Å². The number of nitrogens with zero attached hydrogens (tertiary/aromatic N) is 2. The average Bonchev–Trinajstić information content (AvgIpc) is 3.40. The standard InChI is InChI=1S/C19H26FN3O3/c1-26-9-8-22(13-15-4-2-3-5-17(15)20)19(25)21-11-14-10-18(24)23(12-14)16-6-7-16/h2-5,14,16H,6-13H2,1H3,(H,21,25)/t14-/m1/s1. The minimum atomic E-state index is -0.329. The number of hydrogen-bond donors (Lipinski definition) is 1. The second kappa shape index (κ2) is 8.49. The number of amides is 3. The predicted octanol–water partition coefficient (Wildman–Crippen LogP) is 1.99. The lowest BCUT2D eigenvalue weighted by Crippen LogP contribution is -2.43. The summed E-state index contributed by atoms with van der Waals surface area (Å²) >= 11 is 0. The van der Waals surface area contributed by atoms with Gasteiger partial charge in [0.25, 0.3) is 0 Å². The lowest BCUT2D eigenvalue weighted by molar-refractivity contribution is -0.128. The second-order valence-corrected chi connectivity index (χ2v) is 7.04. The molecule has 0 unspecified atom stereocenters. The molecular weight excluding hydrogens is 337 g/mol. The lowest BCUT2D eigenvalue weighted by Gasteiger charge is -2.24. The number of rotatable bonds is 8. The SMILES string of the molecule is COCCN(Cc1ccccc1F)C(=O)NC[C@H]1CC(=O)N(C2CC2)C1. The van der Waals surface area contributed by atoms with E-state index in [0.717, 1.165) is 19.4 Å². The van der Waals surface area contributed by atoms with Gasteiger partial charge in [0, 0.05) is 50.7 Å². The summed E-state index contributed by atoms with van der Waals surface area (Å²) in [7, 11) is 1.57. The molecule has 0 aromatic heterocycles. The van der Waals surface area contributed by atoms with Crippen LogP contribution < -0.4 is 5.32 Å². The molecule has 2 aliphatic rings. The van der Waals surface area contributed by atoms with Crippen LogP contribution in [0.3, 0.4) is 0 Å². The molecule has 1 aliphatic heterocycles. The van der Waals surface area contributed by atoms with Crippen molar-refractivity contribution >= 4 is 11.9 Å². The Morgan fingerprint density at radius 1 is 1.38 bits per heavy atom. The number of halogens is 1. The van der Waals surface area contributed by atoms with Crippen LogP contribution in [-0.2, 0) is 16.1 Å². The largest absolute Gasteiger partial charge is 0.383 e. The smallest absolute Gasteiger partial charge is 0.317 e. The van der Waals surface area contributed by atoms with Crippen molar-refractivity contribution in [3.8, 4) is 0 Å². The monoisotopic (exact) mass is 363 g/mol. The van der Waals surface area contributed by atoms with Crippen LogP contribution in [0.15, 0.2) is 24.3 Å². The number of urea groups is 1. The fraction of sp³-hybridized carbons (Fsp3) is 0.579. The van der Waals surface area contributed by atoms with E-state index in [1.54, 1.807) is 25.3 Å². The van der Waals surface area contributed by atoms with Crippen LogP contribution in [0.2, 0.25) is 0 Å². The van der Waals surface area contributed by atoms with Gasteiger partial charge in [0.1, 0.15) is 5.82 Å². The zero-order valence-corrected chi connectivity index (χ0v) is 15.1. The molecule has 0 spiro atoms. The Labute approximate surface area is 153 Å². The third-order valence-electron chi connectivity index (χ3n) is 4.94. The molecule has 1 N–H and O–H groups in total. The van der Waals surface area contributed by atoms with Crippen molar-refractivity contribution in [2.24, 2.45) is 5.92 Å². The Balaban J connectivity index is 1.53. The number of carbonyl (C=O) groups is 2. The molecule has 142 valence electrons. The van der Waals surface area contributed by atoms with Crippen molar-refractivity contribution in [1.82, 2.24) is 15.1 Å². The number of carbonyl (C=O) groups excluding carboxylic acids is 2. The van der Waals surface area contributed by atoms with E-state index in [9.17, 15) is 14.0 Å². The number of nitrogens with one attached hydrogen (secondary N) is 1. The Morgan fingerprint density at radius 2 is 2.15 bits per heavy atom. The van der Waals surface area contributed by atoms with Crippen molar-refractivity contribution < 1.29 is 18.7 Å². The fourth-order valence-corrected chi connectivity index (χ4v) is 3.31. The van der Waals surface area contributed by atoms with Gasteiger partial charge in [-0.15, -0.1) is 0 Å². The molecule has 6 nitrogen and oxygen atoms in total. The van der Waals surface area contributed by atoms with Gasteiger partial charge in [-0.1, -0.05) is 18.2 Å². The molecule has 3 rings (SSSR count). The van der Waals surface area contributed by atoms with E-state index < -0.39 is 0 Å². The molecule has 26 heavy (non-hydrogen) atoms. The van der Waals surface area contributed by atoms with Gasteiger partial charge in [0.2, 0.25) is 5.91 Å². The lowest BCUT2D eigenvalue weighted by atomic mass is 10.1. The molecule has 0 radical (unpaired) electrons. The number of methoxy groups -OCH3 is 1. The van der Waals surface area contributed by atoms with Crippen LogP contribution in [0.4, 0.5) is 9.18 Å². The second-order valence-electron chi connectivity index (χ2n) is 7.04. The third kappa shape index (κ3) is 4.72. The number of hydrogen-bond acceptors (Lipinski definition) is 3. The minimum Gasteiger partial charge on any atom is -0.383 e. The molecule has 1 saturated carbocycles. The highest BCUT2D eigenvalue weighted by Gasteiger charge is 2.39. The summed E-state index contributed by atoms with van der Waals surface area (Å²) in [5.74, 6) is 0.00307. The predicted molar refractivity (Wildman–Crippen MR) is 94.9 cm³/mol. The van der Waals surface area contributed by atoms with Gasteiger partial charge in [-0.3, -0.25) is 4.79 Å². The normalized spacial score (nSPS) is 19.7. The highest BCUT2D eigenvalue weighted by Crippen LogP contribution is 2.32. The number of ether oxygens (including phenoxy) is 1. The molecule has 0 bridgehead atoms. The van der Waals surface area contributed by atoms with Crippen LogP contribution in [0.5, 0.6) is 0 Å². The summed E-state index contributed by atoms with van der Waals surface area (Å²) in [6.45, 7) is 2.09. The highest BCUT2D eigenvalue weighted by atomic mass is 19.1. The number of benzene rings is 1. The summed E-state index contributed by atoms with van der Waals surface area (Å²) < 4.78 is 19.0. The zero-order valence-electron chi connectivity index (χ0n) is 15.1. The molecule has 1 aromatic carbocycles. The van der Waals surface area contributed by atoms with Gasteiger partial charge in [-0.05, 0) is 18.9 Å². The first-order valence-corrected chi connectivity index (χ1v) is 9.13. The molecule has 2 fully saturated rings. The average molecular weight is 363 g/mol. The Bertz CT molecular complexity index is 651. The molecule has 1 atom stereocenters. The van der Waals surface area contributed by atoms with Gasteiger partial charge in [-0.25, -0.2) is 9.18 Å². The summed E-state index contributed by atoms with van der Waals surface area (Å²) in [5, 5.41) is 2.90. The van der Waals surface area contributed by atoms with Crippen LogP contribution in [-0.4, -0.2) is 61.1 Å². The fourth-order valence-electron chi connectivity index (χ4n) is 3.31. The molecular formula is C19H26FN3O3. The van der Waals surface area contributed by atoms with Crippen LogP contribution in [0.25, 0.3) is 0 Å². The van der Waals surface area contributed by atoms with Crippen LogP contribution >= 0.6 is 0 Å². The first-order chi connectivity index (χ1) is 12.6. The Morgan fingerprint density at radius 3 is 2.85 bits per heavy atom. The molecule has 1 aliphatic carbocycles. The van der Waals surface area contributed by atoms with Crippen LogP contribution in [0, 0.1) is 11.7 Å². The van der Waals surface area contributed by atoms with E-state index in [0.29, 0.717) is 37.7 Å². The van der Waals surface area contributed by atoms with Crippen molar-refractivity contribution in [3.63, 3.8) is 0 Å². The van der Waals surface area contributed by atoms with E-state index in [1.807, 2.05) is 4.90 Å². The summed E-state index contributed by atoms with van der Waals surface area (Å²) in [4.78, 5) is 28.1. The summed E-state index contributed by atoms with van der Waals surface area (Å²) in [5.41, 5.74) is 0.467. The van der Waals surface area contributed by atoms with Gasteiger partial charge >= 0.3 is 6.03 Å². The van der Waals surface area contributed by atoms with E-state index in [4.69, 9.17) is 4.74 Å². The highest BCUT2D eigenvalue weighted by molar-refractivity contribution is 5.79. The van der Waals surface area contributed by atoms with Crippen LogP contribution in [0.1, 0.15) is 24.8 Å². The van der Waals surface area contributed by atoms with Crippen molar-refractivity contribution in [2.75, 3.05) is 33.4 Å². The number of likely N-dealkylation sites (tertiary alicyclic amines) is 1. The summed E-state index contributed by atoms with van der Waals surface area (Å²) in [6, 6.07) is 6.59. The maximum Gasteiger partial charge on any atom is 0.317 e. The minimum absolute atomic E-state index is 0.143. The summed E-state index contributed by atoms with van der Waals surface area (Å²) in [6.07, 6.45) is 2.68. The van der Waals surface area contributed by atoms with Crippen molar-refractivity contribution in [2.45, 2.75) is 31.8 Å². The third-order valence-corrected chi connectivity index (χ3v) is 4.94. The Kier molecular flexibility index (Phi) is 6.08. The van der Waals surface area contributed by atoms with Crippen molar-refractivity contribution in [1.29, 1.82) is 0 Å².